The molecule has 1 heterocycles. The number of hydrogen-bond donors (Lipinski definition) is 1. The number of likely N-dealkylation sites (tertiary alicyclic amines) is 1. The summed E-state index contributed by atoms with van der Waals surface area (Å²) in [7, 11) is 1.80. The minimum absolute atomic E-state index is 0. The van der Waals surface area contributed by atoms with Crippen LogP contribution in [0.1, 0.15) is 36.8 Å². The summed E-state index contributed by atoms with van der Waals surface area (Å²) in [5.74, 6) is 0.923. The molecule has 4 nitrogen and oxygen atoms in total. The molecule has 2 fully saturated rings. The molecule has 1 aliphatic heterocycles. The minimum Gasteiger partial charge on any atom is -0.367 e. The van der Waals surface area contributed by atoms with E-state index < -0.39 is 12.8 Å². The lowest BCUT2D eigenvalue weighted by atomic mass is 9.68. The highest BCUT2D eigenvalue weighted by Crippen LogP contribution is 2.47. The SMILES string of the molecule is CN=C(NCc1ccc(COCC(F)(F)F)cc1)N1CCC2(CCC2)C1.I. The van der Waals surface area contributed by atoms with Crippen LogP contribution >= 0.6 is 24.0 Å². The number of hydrogen-bond acceptors (Lipinski definition) is 2. The van der Waals surface area contributed by atoms with Crippen molar-refractivity contribution in [2.24, 2.45) is 10.4 Å². The topological polar surface area (TPSA) is 36.9 Å². The van der Waals surface area contributed by atoms with Crippen molar-refractivity contribution in [1.82, 2.24) is 10.2 Å². The molecular formula is C19H27F3IN3O. The van der Waals surface area contributed by atoms with Gasteiger partial charge in [0.2, 0.25) is 0 Å². The molecule has 152 valence electrons. The quantitative estimate of drug-likeness (QED) is 0.374. The highest BCUT2D eigenvalue weighted by atomic mass is 127. The zero-order valence-electron chi connectivity index (χ0n) is 15.5. The lowest BCUT2D eigenvalue weighted by molar-refractivity contribution is -0.176. The zero-order chi connectivity index (χ0) is 18.6. The Labute approximate surface area is 175 Å². The monoisotopic (exact) mass is 497 g/mol. The molecule has 3 rings (SSSR count). The van der Waals surface area contributed by atoms with Crippen molar-refractivity contribution in [3.8, 4) is 0 Å². The van der Waals surface area contributed by atoms with Crippen molar-refractivity contribution in [3.05, 3.63) is 35.4 Å². The Bertz CT molecular complexity index is 630. The molecule has 0 aromatic heterocycles. The van der Waals surface area contributed by atoms with Gasteiger partial charge in [-0.05, 0) is 35.8 Å². The van der Waals surface area contributed by atoms with Crippen LogP contribution in [-0.2, 0) is 17.9 Å². The van der Waals surface area contributed by atoms with Crippen LogP contribution in [-0.4, -0.2) is 43.8 Å². The maximum atomic E-state index is 12.1. The average molecular weight is 497 g/mol. The van der Waals surface area contributed by atoms with E-state index in [1.807, 2.05) is 12.1 Å². The molecule has 1 aromatic carbocycles. The van der Waals surface area contributed by atoms with Gasteiger partial charge in [-0.3, -0.25) is 4.99 Å². The van der Waals surface area contributed by atoms with Gasteiger partial charge >= 0.3 is 6.18 Å². The maximum absolute atomic E-state index is 12.1. The summed E-state index contributed by atoms with van der Waals surface area (Å²) in [6.45, 7) is 1.52. The number of benzene rings is 1. The van der Waals surface area contributed by atoms with Crippen LogP contribution in [0.5, 0.6) is 0 Å². The second-order valence-corrected chi connectivity index (χ2v) is 7.35. The normalized spacial score (nSPS) is 19.0. The molecule has 0 bridgehead atoms. The van der Waals surface area contributed by atoms with Gasteiger partial charge in [0, 0.05) is 26.7 Å². The fourth-order valence-electron chi connectivity index (χ4n) is 3.75. The first-order valence-corrected chi connectivity index (χ1v) is 9.07. The molecule has 0 atom stereocenters. The highest BCUT2D eigenvalue weighted by molar-refractivity contribution is 14.0. The van der Waals surface area contributed by atoms with Gasteiger partial charge in [-0.1, -0.05) is 30.7 Å². The lowest BCUT2D eigenvalue weighted by Gasteiger charge is -2.38. The van der Waals surface area contributed by atoms with Crippen molar-refractivity contribution in [2.45, 2.75) is 45.0 Å². The van der Waals surface area contributed by atoms with Gasteiger partial charge in [0.1, 0.15) is 6.61 Å². The standard InChI is InChI=1S/C19H26F3N3O.HI/c1-23-17(25-10-9-18(13-25)7-2-8-18)24-11-15-3-5-16(6-4-15)12-26-14-19(20,21)22;/h3-6H,2,7-14H2,1H3,(H,23,24);1H. The lowest BCUT2D eigenvalue weighted by Crippen LogP contribution is -2.42. The Balaban J connectivity index is 0.00000261. The third-order valence-corrected chi connectivity index (χ3v) is 5.37. The van der Waals surface area contributed by atoms with Crippen LogP contribution in [0.2, 0.25) is 0 Å². The molecule has 0 amide bonds. The van der Waals surface area contributed by atoms with Crippen molar-refractivity contribution in [1.29, 1.82) is 0 Å². The molecule has 1 N–H and O–H groups in total. The number of nitrogens with zero attached hydrogens (tertiary/aromatic N) is 2. The van der Waals surface area contributed by atoms with E-state index in [0.29, 0.717) is 12.0 Å². The summed E-state index contributed by atoms with van der Waals surface area (Å²) < 4.78 is 40.9. The van der Waals surface area contributed by atoms with Crippen LogP contribution in [0.25, 0.3) is 0 Å². The number of rotatable bonds is 5. The molecule has 1 aromatic rings. The fraction of sp³-hybridized carbons (Fsp3) is 0.632. The van der Waals surface area contributed by atoms with Crippen LogP contribution < -0.4 is 5.32 Å². The molecule has 0 radical (unpaired) electrons. The van der Waals surface area contributed by atoms with E-state index in [0.717, 1.165) is 30.2 Å². The van der Waals surface area contributed by atoms with Crippen LogP contribution in [0.4, 0.5) is 13.2 Å². The molecule has 27 heavy (non-hydrogen) atoms. The van der Waals surface area contributed by atoms with E-state index >= 15 is 0 Å². The van der Waals surface area contributed by atoms with Crippen molar-refractivity contribution in [3.63, 3.8) is 0 Å². The van der Waals surface area contributed by atoms with E-state index in [1.54, 1.807) is 19.2 Å². The highest BCUT2D eigenvalue weighted by Gasteiger charge is 2.43. The van der Waals surface area contributed by atoms with E-state index in [2.05, 4.69) is 19.9 Å². The molecule has 1 saturated carbocycles. The number of nitrogens with one attached hydrogen (secondary N) is 1. The Morgan fingerprint density at radius 1 is 1.19 bits per heavy atom. The van der Waals surface area contributed by atoms with Gasteiger partial charge in [-0.25, -0.2) is 0 Å². The minimum atomic E-state index is -4.28. The van der Waals surface area contributed by atoms with Crippen molar-refractivity contribution in [2.75, 3.05) is 26.7 Å². The van der Waals surface area contributed by atoms with Gasteiger partial charge in [0.05, 0.1) is 6.61 Å². The number of halogens is 4. The molecule has 2 aliphatic rings. The smallest absolute Gasteiger partial charge is 0.367 e. The van der Waals surface area contributed by atoms with E-state index in [1.165, 1.54) is 25.7 Å². The largest absolute Gasteiger partial charge is 0.411 e. The van der Waals surface area contributed by atoms with Crippen molar-refractivity contribution >= 4 is 29.9 Å². The van der Waals surface area contributed by atoms with Gasteiger partial charge < -0.3 is 15.0 Å². The molecule has 0 unspecified atom stereocenters. The van der Waals surface area contributed by atoms with E-state index in [9.17, 15) is 13.2 Å². The molecular weight excluding hydrogens is 470 g/mol. The molecule has 1 spiro atoms. The summed E-state index contributed by atoms with van der Waals surface area (Å²) >= 11 is 0. The van der Waals surface area contributed by atoms with Crippen LogP contribution in [0.3, 0.4) is 0 Å². The first-order valence-electron chi connectivity index (χ1n) is 9.07. The van der Waals surface area contributed by atoms with Gasteiger partial charge in [-0.2, -0.15) is 13.2 Å². The van der Waals surface area contributed by atoms with Gasteiger partial charge in [0.25, 0.3) is 0 Å². The summed E-state index contributed by atoms with van der Waals surface area (Å²) in [5, 5.41) is 3.39. The Kier molecular flexibility index (Phi) is 7.79. The number of guanidine groups is 1. The molecule has 8 heteroatoms. The number of aliphatic imine (C=N–C) groups is 1. The third-order valence-electron chi connectivity index (χ3n) is 5.37. The first kappa shape index (κ1) is 22.3. The predicted molar refractivity (Wildman–Crippen MR) is 110 cm³/mol. The number of ether oxygens (including phenoxy) is 1. The summed E-state index contributed by atoms with van der Waals surface area (Å²) in [6, 6.07) is 7.42. The van der Waals surface area contributed by atoms with Crippen LogP contribution in [0, 0.1) is 5.41 Å². The molecule has 1 aliphatic carbocycles. The Hall–Kier alpha value is -1.03. The third kappa shape index (κ3) is 6.23. The average Bonchev–Trinajstić information content (AvgIpc) is 3.02. The maximum Gasteiger partial charge on any atom is 0.411 e. The Morgan fingerprint density at radius 3 is 2.37 bits per heavy atom. The fourth-order valence-corrected chi connectivity index (χ4v) is 3.75. The summed E-state index contributed by atoms with van der Waals surface area (Å²) in [4.78, 5) is 6.73. The van der Waals surface area contributed by atoms with Gasteiger partial charge in [0.15, 0.2) is 5.96 Å². The van der Waals surface area contributed by atoms with Crippen LogP contribution in [0.15, 0.2) is 29.3 Å². The van der Waals surface area contributed by atoms with E-state index in [4.69, 9.17) is 0 Å². The van der Waals surface area contributed by atoms with Gasteiger partial charge in [-0.15, -0.1) is 24.0 Å². The molecule has 1 saturated heterocycles. The number of alkyl halides is 3. The van der Waals surface area contributed by atoms with Crippen molar-refractivity contribution < 1.29 is 17.9 Å². The Morgan fingerprint density at radius 2 is 1.85 bits per heavy atom. The predicted octanol–water partition coefficient (Wildman–Crippen LogP) is 4.33. The zero-order valence-corrected chi connectivity index (χ0v) is 17.8. The van der Waals surface area contributed by atoms with E-state index in [-0.39, 0.29) is 30.6 Å². The summed E-state index contributed by atoms with van der Waals surface area (Å²) in [6.07, 6.45) is 0.976. The summed E-state index contributed by atoms with van der Waals surface area (Å²) in [5.41, 5.74) is 2.31. The first-order chi connectivity index (χ1) is 12.4. The second kappa shape index (κ2) is 9.45. The second-order valence-electron chi connectivity index (χ2n) is 7.35.